The van der Waals surface area contributed by atoms with E-state index in [2.05, 4.69) is 15.8 Å². The van der Waals surface area contributed by atoms with Gasteiger partial charge in [0, 0.05) is 5.56 Å². The van der Waals surface area contributed by atoms with E-state index in [0.717, 1.165) is 5.03 Å². The van der Waals surface area contributed by atoms with Crippen molar-refractivity contribution in [3.05, 3.63) is 63.2 Å². The van der Waals surface area contributed by atoms with Crippen molar-refractivity contribution >= 4 is 46.0 Å². The molecule has 2 aromatic heterocycles. The number of hydrogen-bond donors (Lipinski definition) is 1. The molecule has 0 N–H and O–H groups in total. The highest BCUT2D eigenvalue weighted by atomic mass is 32.2. The first-order valence-electron chi connectivity index (χ1n) is 9.12. The number of ketones is 1. The van der Waals surface area contributed by atoms with Crippen LogP contribution in [0.2, 0.25) is 0 Å². The van der Waals surface area contributed by atoms with Crippen LogP contribution in [0.3, 0.4) is 0 Å². The molecule has 0 radical (unpaired) electrons. The van der Waals surface area contributed by atoms with Gasteiger partial charge in [0.1, 0.15) is 5.92 Å². The molecule has 4 heterocycles. The maximum atomic E-state index is 13.4. The summed E-state index contributed by atoms with van der Waals surface area (Å²) in [7, 11) is -0.694. The number of anilines is 1. The second-order valence-corrected chi connectivity index (χ2v) is 10.6. The lowest BCUT2D eigenvalue weighted by Gasteiger charge is -2.38. The molecule has 29 heavy (non-hydrogen) atoms. The number of allylic oxidation sites excluding steroid dienone is 2. The topological polar surface area (TPSA) is 70.6 Å². The molecule has 1 unspecified atom stereocenters. The molecule has 6 nitrogen and oxygen atoms in total. The Balaban J connectivity index is 1.85. The maximum Gasteiger partial charge on any atom is 0.261 e. The molecule has 4 rings (SSSR count). The second kappa shape index (κ2) is 7.27. The van der Waals surface area contributed by atoms with Crippen LogP contribution in [0.1, 0.15) is 41.9 Å². The highest BCUT2D eigenvalue weighted by Crippen LogP contribution is 2.46. The minimum absolute atomic E-state index is 0.254. The molecule has 2 aliphatic rings. The summed E-state index contributed by atoms with van der Waals surface area (Å²) in [6.45, 7) is 5.51. The molecule has 1 atom stereocenters. The van der Waals surface area contributed by atoms with E-state index in [0.29, 0.717) is 22.5 Å². The van der Waals surface area contributed by atoms with Gasteiger partial charge >= 0.3 is 0 Å². The van der Waals surface area contributed by atoms with Gasteiger partial charge in [-0.25, -0.2) is 15.0 Å². The molecule has 2 aliphatic heterocycles. The molecule has 0 aliphatic carbocycles. The quantitative estimate of drug-likeness (QED) is 0.339. The lowest BCUT2D eigenvalue weighted by Crippen LogP contribution is -2.54. The number of carbonyl (C=O) groups excluding carboxylic acids is 3. The molecule has 150 valence electrons. The van der Waals surface area contributed by atoms with Gasteiger partial charge in [-0.3, -0.25) is 14.4 Å². The Labute approximate surface area is 175 Å². The van der Waals surface area contributed by atoms with Crippen molar-refractivity contribution in [1.29, 1.82) is 0 Å². The number of amides is 2. The smallest absolute Gasteiger partial charge is 0.261 e. The van der Waals surface area contributed by atoms with Gasteiger partial charge in [0.15, 0.2) is 5.78 Å². The molecule has 0 fully saturated rings. The molecule has 0 aromatic carbocycles. The van der Waals surface area contributed by atoms with Crippen LogP contribution in [0.4, 0.5) is 5.69 Å². The van der Waals surface area contributed by atoms with Crippen LogP contribution < -0.4 is 5.01 Å². The second-order valence-electron chi connectivity index (χ2n) is 7.74. The van der Waals surface area contributed by atoms with Crippen LogP contribution in [0.15, 0.2) is 57.8 Å². The summed E-state index contributed by atoms with van der Waals surface area (Å²) in [6.07, 6.45) is 6.18. The zero-order valence-electron chi connectivity index (χ0n) is 16.3. The summed E-state index contributed by atoms with van der Waals surface area (Å²) in [4.78, 5) is 43.6. The molecule has 2 amide bonds. The average molecular weight is 428 g/mol. The van der Waals surface area contributed by atoms with Crippen molar-refractivity contribution in [2.45, 2.75) is 37.3 Å². The first-order chi connectivity index (χ1) is 13.8. The number of pyridine rings is 1. The molecular weight excluding hydrogens is 406 g/mol. The minimum Gasteiger partial charge on any atom is -0.292 e. The molecular formula is C21H21N3O3S2. The number of fused-ring (bicyclic) bond motifs is 1. The summed E-state index contributed by atoms with van der Waals surface area (Å²) in [6, 6.07) is 5.36. The van der Waals surface area contributed by atoms with Gasteiger partial charge in [-0.2, -0.15) is 10.9 Å². The molecule has 8 heteroatoms. The molecule has 0 bridgehead atoms. The first kappa shape index (κ1) is 19.6. The third kappa shape index (κ3) is 3.32. The van der Waals surface area contributed by atoms with Crippen molar-refractivity contribution in [3.63, 3.8) is 0 Å². The van der Waals surface area contributed by atoms with Gasteiger partial charge in [-0.15, -0.1) is 11.3 Å². The Kier molecular flexibility index (Phi) is 4.92. The summed E-state index contributed by atoms with van der Waals surface area (Å²) in [5.74, 6) is -1.67. The Morgan fingerprint density at radius 1 is 1.31 bits per heavy atom. The minimum atomic E-state index is -0.985. The monoisotopic (exact) mass is 427 g/mol. The number of carbonyl (C=O) groups is 3. The number of hydrogen-bond acceptors (Lipinski definition) is 5. The van der Waals surface area contributed by atoms with E-state index in [1.54, 1.807) is 18.3 Å². The van der Waals surface area contributed by atoms with Gasteiger partial charge in [0.05, 0.1) is 27.3 Å². The Bertz CT molecular complexity index is 1030. The Morgan fingerprint density at radius 2 is 2.03 bits per heavy atom. The van der Waals surface area contributed by atoms with Crippen molar-refractivity contribution in [2.75, 3.05) is 5.01 Å². The number of Topliss-reactive ketones (excluding diaryl/α,β-unsaturated/α-hetero) is 1. The van der Waals surface area contributed by atoms with Crippen molar-refractivity contribution < 1.29 is 14.4 Å². The van der Waals surface area contributed by atoms with E-state index in [-0.39, 0.29) is 5.78 Å². The van der Waals surface area contributed by atoms with Crippen LogP contribution in [-0.4, -0.2) is 33.6 Å². The predicted octanol–water partition coefficient (Wildman–Crippen LogP) is 4.03. The SMILES string of the molecule is CC(C)(C)N(C=O)N1C(=O)C(C(=O)c2cccs2)c2cc([SH]3C=CC=C3)ncc21. The van der Waals surface area contributed by atoms with Crippen molar-refractivity contribution in [1.82, 2.24) is 9.99 Å². The fraction of sp³-hybridized carbons (Fsp3) is 0.238. The number of thiol groups is 1. The number of thiophene rings is 1. The molecule has 0 saturated heterocycles. The van der Waals surface area contributed by atoms with Gasteiger partial charge in [-0.05, 0) is 49.1 Å². The van der Waals surface area contributed by atoms with E-state index in [1.807, 2.05) is 44.4 Å². The Morgan fingerprint density at radius 3 is 2.62 bits per heavy atom. The van der Waals surface area contributed by atoms with E-state index >= 15 is 0 Å². The van der Waals surface area contributed by atoms with Gasteiger partial charge in [-0.1, -0.05) is 18.2 Å². The lowest BCUT2D eigenvalue weighted by atomic mass is 9.96. The van der Waals surface area contributed by atoms with Crippen LogP contribution in [0, 0.1) is 0 Å². The first-order valence-corrected chi connectivity index (χ1v) is 11.5. The van der Waals surface area contributed by atoms with Crippen molar-refractivity contribution in [3.8, 4) is 0 Å². The molecule has 2 aromatic rings. The van der Waals surface area contributed by atoms with Crippen LogP contribution >= 0.6 is 22.2 Å². The van der Waals surface area contributed by atoms with Crippen molar-refractivity contribution in [2.24, 2.45) is 0 Å². The zero-order chi connectivity index (χ0) is 20.8. The highest BCUT2D eigenvalue weighted by Gasteiger charge is 2.47. The molecule has 0 spiro atoms. The van der Waals surface area contributed by atoms with E-state index in [9.17, 15) is 14.4 Å². The molecule has 0 saturated carbocycles. The van der Waals surface area contributed by atoms with E-state index in [4.69, 9.17) is 0 Å². The standard InChI is InChI=1S/C21H21N3O3S2/c1-21(2,3)23(13-25)24-15-12-22-17(29-9-4-5-10-29)11-14(15)18(20(24)27)19(26)16-7-6-8-28-16/h4-13,18,29H,1-3H3. The third-order valence-electron chi connectivity index (χ3n) is 4.79. The lowest BCUT2D eigenvalue weighted by molar-refractivity contribution is -0.132. The number of rotatable bonds is 5. The number of hydrazine groups is 1. The zero-order valence-corrected chi connectivity index (χ0v) is 18.0. The fourth-order valence-corrected chi connectivity index (χ4v) is 5.55. The summed E-state index contributed by atoms with van der Waals surface area (Å²) in [5, 5.41) is 9.42. The average Bonchev–Trinajstić information content (AvgIpc) is 3.42. The maximum absolute atomic E-state index is 13.4. The van der Waals surface area contributed by atoms with Crippen LogP contribution in [0.25, 0.3) is 0 Å². The van der Waals surface area contributed by atoms with E-state index < -0.39 is 28.3 Å². The fourth-order valence-electron chi connectivity index (χ4n) is 3.40. The summed E-state index contributed by atoms with van der Waals surface area (Å²) in [5.41, 5.74) is 0.443. The third-order valence-corrected chi connectivity index (χ3v) is 7.44. The highest BCUT2D eigenvalue weighted by molar-refractivity contribution is 8.22. The van der Waals surface area contributed by atoms with Gasteiger partial charge < -0.3 is 0 Å². The largest absolute Gasteiger partial charge is 0.292 e. The van der Waals surface area contributed by atoms with Crippen LogP contribution in [-0.2, 0) is 9.59 Å². The number of aromatic nitrogens is 1. The summed E-state index contributed by atoms with van der Waals surface area (Å²) < 4.78 is 0. The van der Waals surface area contributed by atoms with Crippen LogP contribution in [0.5, 0.6) is 0 Å². The normalized spacial score (nSPS) is 19.0. The number of nitrogens with zero attached hydrogens (tertiary/aromatic N) is 3. The summed E-state index contributed by atoms with van der Waals surface area (Å²) >= 11 is 1.31. The predicted molar refractivity (Wildman–Crippen MR) is 116 cm³/mol. The van der Waals surface area contributed by atoms with Gasteiger partial charge in [0.25, 0.3) is 5.91 Å². The van der Waals surface area contributed by atoms with Gasteiger partial charge in [0.2, 0.25) is 6.41 Å². The van der Waals surface area contributed by atoms with E-state index in [1.165, 1.54) is 21.4 Å². The Hall–Kier alpha value is -2.71.